The Morgan fingerprint density at radius 2 is 2.33 bits per heavy atom. The molecule has 0 saturated carbocycles. The third kappa shape index (κ3) is 1.76. The number of aromatic amines is 2. The fourth-order valence-electron chi connectivity index (χ4n) is 0.624. The predicted molar refractivity (Wildman–Crippen MR) is 42.0 cm³/mol. The molecule has 0 aliphatic carbocycles. The summed E-state index contributed by atoms with van der Waals surface area (Å²) in [6.45, 7) is -0.00484. The summed E-state index contributed by atoms with van der Waals surface area (Å²) in [5.74, 6) is 2.20. The molecule has 1 aromatic rings. The van der Waals surface area contributed by atoms with Gasteiger partial charge in [0.1, 0.15) is 6.61 Å². The lowest BCUT2D eigenvalue weighted by molar-refractivity contribution is 0.362. The number of ether oxygens (including phenoxy) is 1. The first-order valence-corrected chi connectivity index (χ1v) is 3.12. The second kappa shape index (κ2) is 3.44. The summed E-state index contributed by atoms with van der Waals surface area (Å²) in [5.41, 5.74) is -1.16. The van der Waals surface area contributed by atoms with E-state index in [0.29, 0.717) is 0 Å². The lowest BCUT2D eigenvalue weighted by Gasteiger charge is -1.97. The number of aromatic nitrogens is 2. The lowest BCUT2D eigenvalue weighted by Crippen LogP contribution is -2.22. The van der Waals surface area contributed by atoms with Crippen LogP contribution in [0.1, 0.15) is 0 Å². The molecule has 0 bridgehead atoms. The third-order valence-corrected chi connectivity index (χ3v) is 1.10. The summed E-state index contributed by atoms with van der Waals surface area (Å²) in [5, 5.41) is 0. The Hall–Kier alpha value is -1.96. The van der Waals surface area contributed by atoms with Crippen molar-refractivity contribution >= 4 is 0 Å². The molecule has 1 heterocycles. The van der Waals surface area contributed by atoms with Gasteiger partial charge >= 0.3 is 5.69 Å². The Morgan fingerprint density at radius 1 is 1.58 bits per heavy atom. The molecular formula is C7H6N2O3. The first kappa shape index (κ1) is 8.14. The number of nitrogens with one attached hydrogen (secondary N) is 2. The van der Waals surface area contributed by atoms with Gasteiger partial charge in [0.05, 0.1) is 6.20 Å². The SMILES string of the molecule is C#CCOc1c[nH]c(=O)[nH]c1=O. The van der Waals surface area contributed by atoms with Crippen LogP contribution in [0.3, 0.4) is 0 Å². The van der Waals surface area contributed by atoms with E-state index in [4.69, 9.17) is 11.2 Å². The molecule has 0 unspecified atom stereocenters. The molecule has 5 heteroatoms. The molecule has 5 nitrogen and oxygen atoms in total. The maximum atomic E-state index is 10.9. The molecule has 0 aliphatic heterocycles. The molecule has 0 radical (unpaired) electrons. The minimum atomic E-state index is -0.589. The highest BCUT2D eigenvalue weighted by Crippen LogP contribution is 1.93. The zero-order valence-corrected chi connectivity index (χ0v) is 6.09. The molecule has 0 aliphatic rings. The van der Waals surface area contributed by atoms with Gasteiger partial charge in [0, 0.05) is 0 Å². The van der Waals surface area contributed by atoms with E-state index in [1.165, 1.54) is 6.20 Å². The summed E-state index contributed by atoms with van der Waals surface area (Å²) in [4.78, 5) is 25.6. The highest BCUT2D eigenvalue weighted by Gasteiger charge is 1.98. The average molecular weight is 166 g/mol. The van der Waals surface area contributed by atoms with E-state index in [0.717, 1.165) is 0 Å². The van der Waals surface area contributed by atoms with E-state index < -0.39 is 11.2 Å². The third-order valence-electron chi connectivity index (χ3n) is 1.10. The van der Waals surface area contributed by atoms with Crippen LogP contribution < -0.4 is 16.0 Å². The number of hydrogen-bond acceptors (Lipinski definition) is 3. The Morgan fingerprint density at radius 3 is 2.92 bits per heavy atom. The number of rotatable bonds is 2. The molecular weight excluding hydrogens is 160 g/mol. The van der Waals surface area contributed by atoms with E-state index in [9.17, 15) is 9.59 Å². The van der Waals surface area contributed by atoms with E-state index in [2.05, 4.69) is 10.9 Å². The molecule has 12 heavy (non-hydrogen) atoms. The van der Waals surface area contributed by atoms with Gasteiger partial charge in [-0.05, 0) is 0 Å². The van der Waals surface area contributed by atoms with Crippen LogP contribution in [0.4, 0.5) is 0 Å². The van der Waals surface area contributed by atoms with Gasteiger partial charge in [0.25, 0.3) is 5.56 Å². The van der Waals surface area contributed by atoms with Crippen molar-refractivity contribution in [2.24, 2.45) is 0 Å². The summed E-state index contributed by atoms with van der Waals surface area (Å²) < 4.78 is 4.79. The van der Waals surface area contributed by atoms with Crippen molar-refractivity contribution in [3.63, 3.8) is 0 Å². The standard InChI is InChI=1S/C7H6N2O3/c1-2-3-12-5-4-8-7(11)9-6(5)10/h1,4H,3H2,(H2,8,9,10,11). The van der Waals surface area contributed by atoms with Crippen LogP contribution in [0.15, 0.2) is 15.8 Å². The van der Waals surface area contributed by atoms with Crippen molar-refractivity contribution in [1.82, 2.24) is 9.97 Å². The largest absolute Gasteiger partial charge is 0.474 e. The fraction of sp³-hybridized carbons (Fsp3) is 0.143. The van der Waals surface area contributed by atoms with E-state index >= 15 is 0 Å². The first-order valence-electron chi connectivity index (χ1n) is 3.12. The van der Waals surface area contributed by atoms with Crippen LogP contribution in [0.5, 0.6) is 5.75 Å². The number of terminal acetylenes is 1. The molecule has 0 spiro atoms. The van der Waals surface area contributed by atoms with Gasteiger partial charge in [0.2, 0.25) is 5.75 Å². The van der Waals surface area contributed by atoms with Gasteiger partial charge < -0.3 is 9.72 Å². The summed E-state index contributed by atoms with van der Waals surface area (Å²) in [6.07, 6.45) is 6.06. The van der Waals surface area contributed by atoms with Crippen molar-refractivity contribution in [2.45, 2.75) is 0 Å². The molecule has 62 valence electrons. The van der Waals surface area contributed by atoms with Crippen LogP contribution in [0.25, 0.3) is 0 Å². The minimum Gasteiger partial charge on any atom is -0.474 e. The monoisotopic (exact) mass is 166 g/mol. The van der Waals surface area contributed by atoms with Gasteiger partial charge in [-0.2, -0.15) is 0 Å². The lowest BCUT2D eigenvalue weighted by atomic mass is 10.6. The minimum absolute atomic E-state index is 0.00484. The highest BCUT2D eigenvalue weighted by atomic mass is 16.5. The molecule has 0 amide bonds. The number of H-pyrrole nitrogens is 2. The van der Waals surface area contributed by atoms with Crippen LogP contribution in [0.2, 0.25) is 0 Å². The van der Waals surface area contributed by atoms with E-state index in [1.807, 2.05) is 4.98 Å². The molecule has 0 saturated heterocycles. The van der Waals surface area contributed by atoms with Crippen molar-refractivity contribution < 1.29 is 4.74 Å². The normalized spacial score (nSPS) is 8.92. The topological polar surface area (TPSA) is 75.0 Å². The molecule has 2 N–H and O–H groups in total. The second-order valence-corrected chi connectivity index (χ2v) is 1.93. The molecule has 1 aromatic heterocycles. The Labute approximate surface area is 67.4 Å². The Bertz CT molecular complexity index is 410. The van der Waals surface area contributed by atoms with Gasteiger partial charge in [-0.3, -0.25) is 9.78 Å². The highest BCUT2D eigenvalue weighted by molar-refractivity contribution is 5.11. The molecule has 0 fully saturated rings. The van der Waals surface area contributed by atoms with Gasteiger partial charge in [-0.1, -0.05) is 5.92 Å². The van der Waals surface area contributed by atoms with Crippen LogP contribution in [-0.4, -0.2) is 16.6 Å². The summed E-state index contributed by atoms with van der Waals surface area (Å²) in [7, 11) is 0. The smallest absolute Gasteiger partial charge is 0.325 e. The molecule has 0 atom stereocenters. The Balaban J connectivity index is 2.96. The maximum absolute atomic E-state index is 10.9. The van der Waals surface area contributed by atoms with Crippen molar-refractivity contribution in [3.8, 4) is 18.1 Å². The van der Waals surface area contributed by atoms with Crippen LogP contribution in [-0.2, 0) is 0 Å². The zero-order valence-electron chi connectivity index (χ0n) is 6.09. The zero-order chi connectivity index (χ0) is 8.97. The quantitative estimate of drug-likeness (QED) is 0.557. The van der Waals surface area contributed by atoms with Crippen LogP contribution in [0, 0.1) is 12.3 Å². The van der Waals surface area contributed by atoms with E-state index in [1.54, 1.807) is 0 Å². The molecule has 1 rings (SSSR count). The van der Waals surface area contributed by atoms with Gasteiger partial charge in [-0.25, -0.2) is 4.79 Å². The van der Waals surface area contributed by atoms with Gasteiger partial charge in [-0.15, -0.1) is 6.42 Å². The number of hydrogen-bond donors (Lipinski definition) is 2. The van der Waals surface area contributed by atoms with Crippen molar-refractivity contribution in [1.29, 1.82) is 0 Å². The summed E-state index contributed by atoms with van der Waals surface area (Å²) in [6, 6.07) is 0. The average Bonchev–Trinajstić information content (AvgIpc) is 2.03. The second-order valence-electron chi connectivity index (χ2n) is 1.93. The first-order chi connectivity index (χ1) is 5.74. The van der Waals surface area contributed by atoms with Crippen LogP contribution >= 0.6 is 0 Å². The van der Waals surface area contributed by atoms with Crippen molar-refractivity contribution in [3.05, 3.63) is 27.0 Å². The molecule has 0 aromatic carbocycles. The fourth-order valence-corrected chi connectivity index (χ4v) is 0.624. The summed E-state index contributed by atoms with van der Waals surface area (Å²) >= 11 is 0. The van der Waals surface area contributed by atoms with E-state index in [-0.39, 0.29) is 12.4 Å². The maximum Gasteiger partial charge on any atom is 0.325 e. The predicted octanol–water partition coefficient (Wildman–Crippen LogP) is -0.925. The Kier molecular flexibility index (Phi) is 2.33. The van der Waals surface area contributed by atoms with Gasteiger partial charge in [0.15, 0.2) is 0 Å². The van der Waals surface area contributed by atoms with Crippen molar-refractivity contribution in [2.75, 3.05) is 6.61 Å².